The van der Waals surface area contributed by atoms with Gasteiger partial charge in [0.05, 0.1) is 19.3 Å². The van der Waals surface area contributed by atoms with Crippen LogP contribution in [0.15, 0.2) is 24.3 Å². The molecule has 96 valence electrons. The minimum absolute atomic E-state index is 0.0225. The molecule has 0 saturated heterocycles. The van der Waals surface area contributed by atoms with E-state index in [1.165, 1.54) is 11.1 Å². The first-order valence-corrected chi connectivity index (χ1v) is 6.19. The van der Waals surface area contributed by atoms with Crippen LogP contribution in [0.1, 0.15) is 24.5 Å². The molecule has 1 aromatic carbocycles. The summed E-state index contributed by atoms with van der Waals surface area (Å²) in [6, 6.07) is 8.59. The molecular weight excluding hydrogens is 214 g/mol. The normalized spacial score (nSPS) is 13.0. The van der Waals surface area contributed by atoms with Gasteiger partial charge < -0.3 is 15.5 Å². The number of hydrogen-bond donors (Lipinski definition) is 3. The zero-order valence-corrected chi connectivity index (χ0v) is 10.7. The van der Waals surface area contributed by atoms with Crippen LogP contribution in [0.5, 0.6) is 0 Å². The van der Waals surface area contributed by atoms with Gasteiger partial charge in [-0.25, -0.2) is 0 Å². The maximum Gasteiger partial charge on any atom is 0.0607 e. The molecule has 17 heavy (non-hydrogen) atoms. The molecule has 0 aliphatic heterocycles. The standard InChI is InChI=1S/C14H23NO2/c1-11-4-3-5-13(8-11)7-6-12(2)15-14(9-16)10-17/h3-5,8,12,14-17H,6-7,9-10H2,1-2H3. The van der Waals surface area contributed by atoms with Gasteiger partial charge in [0.2, 0.25) is 0 Å². The average molecular weight is 237 g/mol. The topological polar surface area (TPSA) is 52.5 Å². The first kappa shape index (κ1) is 14.2. The van der Waals surface area contributed by atoms with E-state index in [-0.39, 0.29) is 19.3 Å². The van der Waals surface area contributed by atoms with Crippen molar-refractivity contribution in [1.82, 2.24) is 5.32 Å². The van der Waals surface area contributed by atoms with E-state index in [0.29, 0.717) is 6.04 Å². The first-order valence-electron chi connectivity index (χ1n) is 6.19. The highest BCUT2D eigenvalue weighted by Gasteiger charge is 2.09. The summed E-state index contributed by atoms with van der Waals surface area (Å²) in [4.78, 5) is 0. The Hall–Kier alpha value is -0.900. The molecular formula is C14H23NO2. The minimum atomic E-state index is -0.206. The molecule has 3 N–H and O–H groups in total. The lowest BCUT2D eigenvalue weighted by Gasteiger charge is -2.19. The molecule has 0 bridgehead atoms. The Kier molecular flexibility index (Phi) is 6.19. The summed E-state index contributed by atoms with van der Waals surface area (Å²) >= 11 is 0. The van der Waals surface area contributed by atoms with Crippen molar-refractivity contribution in [3.8, 4) is 0 Å². The molecule has 0 spiro atoms. The highest BCUT2D eigenvalue weighted by Crippen LogP contribution is 2.08. The van der Waals surface area contributed by atoms with E-state index in [4.69, 9.17) is 10.2 Å². The van der Waals surface area contributed by atoms with Crippen molar-refractivity contribution in [2.24, 2.45) is 0 Å². The van der Waals surface area contributed by atoms with Crippen LogP contribution in [0.2, 0.25) is 0 Å². The number of aryl methyl sites for hydroxylation is 2. The van der Waals surface area contributed by atoms with Gasteiger partial charge in [0.25, 0.3) is 0 Å². The number of rotatable bonds is 7. The Bertz CT molecular complexity index is 324. The van der Waals surface area contributed by atoms with Crippen molar-refractivity contribution in [2.75, 3.05) is 13.2 Å². The van der Waals surface area contributed by atoms with E-state index >= 15 is 0 Å². The largest absolute Gasteiger partial charge is 0.395 e. The summed E-state index contributed by atoms with van der Waals surface area (Å²) in [5.41, 5.74) is 2.62. The summed E-state index contributed by atoms with van der Waals surface area (Å²) in [7, 11) is 0. The van der Waals surface area contributed by atoms with E-state index < -0.39 is 0 Å². The molecule has 3 heteroatoms. The minimum Gasteiger partial charge on any atom is -0.395 e. The molecule has 1 unspecified atom stereocenters. The van der Waals surface area contributed by atoms with Crippen molar-refractivity contribution in [3.05, 3.63) is 35.4 Å². The second-order valence-electron chi connectivity index (χ2n) is 4.66. The average Bonchev–Trinajstić information content (AvgIpc) is 2.33. The summed E-state index contributed by atoms with van der Waals surface area (Å²) in [5, 5.41) is 21.1. The predicted molar refractivity (Wildman–Crippen MR) is 70.1 cm³/mol. The summed E-state index contributed by atoms with van der Waals surface area (Å²) in [6.45, 7) is 4.13. The summed E-state index contributed by atoms with van der Waals surface area (Å²) < 4.78 is 0. The highest BCUT2D eigenvalue weighted by molar-refractivity contribution is 5.22. The second-order valence-corrected chi connectivity index (χ2v) is 4.66. The quantitative estimate of drug-likeness (QED) is 0.669. The molecule has 0 heterocycles. The fraction of sp³-hybridized carbons (Fsp3) is 0.571. The van der Waals surface area contributed by atoms with Crippen LogP contribution in [0.25, 0.3) is 0 Å². The molecule has 0 aliphatic carbocycles. The SMILES string of the molecule is Cc1cccc(CCC(C)NC(CO)CO)c1. The van der Waals surface area contributed by atoms with E-state index in [2.05, 4.69) is 43.4 Å². The highest BCUT2D eigenvalue weighted by atomic mass is 16.3. The Morgan fingerprint density at radius 2 is 1.94 bits per heavy atom. The Morgan fingerprint density at radius 1 is 1.24 bits per heavy atom. The van der Waals surface area contributed by atoms with Crippen molar-refractivity contribution >= 4 is 0 Å². The third kappa shape index (κ3) is 5.31. The van der Waals surface area contributed by atoms with Crippen LogP contribution in [0, 0.1) is 6.92 Å². The molecule has 0 amide bonds. The van der Waals surface area contributed by atoms with Crippen LogP contribution in [0.4, 0.5) is 0 Å². The van der Waals surface area contributed by atoms with Crippen LogP contribution < -0.4 is 5.32 Å². The van der Waals surface area contributed by atoms with Gasteiger partial charge in [-0.3, -0.25) is 0 Å². The third-order valence-corrected chi connectivity index (χ3v) is 2.91. The molecule has 0 aliphatic rings. The number of benzene rings is 1. The molecule has 0 fully saturated rings. The van der Waals surface area contributed by atoms with Crippen LogP contribution in [0.3, 0.4) is 0 Å². The van der Waals surface area contributed by atoms with Gasteiger partial charge in [0.1, 0.15) is 0 Å². The van der Waals surface area contributed by atoms with Crippen LogP contribution in [-0.4, -0.2) is 35.5 Å². The Balaban J connectivity index is 2.35. The lowest BCUT2D eigenvalue weighted by Crippen LogP contribution is -2.41. The fourth-order valence-corrected chi connectivity index (χ4v) is 1.90. The van der Waals surface area contributed by atoms with Crippen LogP contribution in [-0.2, 0) is 6.42 Å². The predicted octanol–water partition coefficient (Wildman–Crippen LogP) is 1.26. The number of aliphatic hydroxyl groups is 2. The maximum absolute atomic E-state index is 8.97. The van der Waals surface area contributed by atoms with Gasteiger partial charge >= 0.3 is 0 Å². The van der Waals surface area contributed by atoms with Gasteiger partial charge in [-0.05, 0) is 32.3 Å². The molecule has 1 atom stereocenters. The van der Waals surface area contributed by atoms with Gasteiger partial charge in [0.15, 0.2) is 0 Å². The van der Waals surface area contributed by atoms with Crippen LogP contribution >= 0.6 is 0 Å². The first-order chi connectivity index (χ1) is 8.15. The molecule has 0 radical (unpaired) electrons. The van der Waals surface area contributed by atoms with Crippen molar-refractivity contribution in [3.63, 3.8) is 0 Å². The van der Waals surface area contributed by atoms with Crippen molar-refractivity contribution in [2.45, 2.75) is 38.8 Å². The van der Waals surface area contributed by atoms with Gasteiger partial charge in [-0.15, -0.1) is 0 Å². The number of hydrogen-bond acceptors (Lipinski definition) is 3. The Labute approximate surface area is 103 Å². The fourth-order valence-electron chi connectivity index (χ4n) is 1.90. The molecule has 1 rings (SSSR count). The molecule has 0 saturated carbocycles. The lowest BCUT2D eigenvalue weighted by atomic mass is 10.0. The van der Waals surface area contributed by atoms with Gasteiger partial charge in [-0.2, -0.15) is 0 Å². The summed E-state index contributed by atoms with van der Waals surface area (Å²) in [5.74, 6) is 0. The summed E-state index contributed by atoms with van der Waals surface area (Å²) in [6.07, 6.45) is 2.01. The Morgan fingerprint density at radius 3 is 2.53 bits per heavy atom. The zero-order chi connectivity index (χ0) is 12.7. The number of aliphatic hydroxyl groups excluding tert-OH is 2. The van der Waals surface area contributed by atoms with E-state index in [9.17, 15) is 0 Å². The van der Waals surface area contributed by atoms with E-state index in [1.807, 2.05) is 0 Å². The zero-order valence-electron chi connectivity index (χ0n) is 10.7. The monoisotopic (exact) mass is 237 g/mol. The van der Waals surface area contributed by atoms with Crippen molar-refractivity contribution in [1.29, 1.82) is 0 Å². The van der Waals surface area contributed by atoms with Gasteiger partial charge in [0, 0.05) is 6.04 Å². The maximum atomic E-state index is 8.97. The van der Waals surface area contributed by atoms with Gasteiger partial charge in [-0.1, -0.05) is 29.8 Å². The molecule has 3 nitrogen and oxygen atoms in total. The lowest BCUT2D eigenvalue weighted by molar-refractivity contribution is 0.162. The molecule has 0 aromatic heterocycles. The third-order valence-electron chi connectivity index (χ3n) is 2.91. The van der Waals surface area contributed by atoms with Crippen molar-refractivity contribution < 1.29 is 10.2 Å². The molecule has 1 aromatic rings. The van der Waals surface area contributed by atoms with E-state index in [0.717, 1.165) is 12.8 Å². The smallest absolute Gasteiger partial charge is 0.0607 e. The second kappa shape index (κ2) is 7.43. The van der Waals surface area contributed by atoms with E-state index in [1.54, 1.807) is 0 Å². The number of nitrogens with one attached hydrogen (secondary N) is 1.